The van der Waals surface area contributed by atoms with Gasteiger partial charge >= 0.3 is 0 Å². The van der Waals surface area contributed by atoms with E-state index in [0.717, 1.165) is 17.9 Å². The van der Waals surface area contributed by atoms with Crippen molar-refractivity contribution in [2.75, 3.05) is 11.9 Å². The van der Waals surface area contributed by atoms with Crippen LogP contribution in [0.25, 0.3) is 0 Å². The monoisotopic (exact) mass is 273 g/mol. The van der Waals surface area contributed by atoms with Gasteiger partial charge in [-0.1, -0.05) is 6.92 Å². The van der Waals surface area contributed by atoms with Crippen LogP contribution in [0, 0.1) is 0 Å². The molecule has 0 spiro atoms. The van der Waals surface area contributed by atoms with Crippen LogP contribution < -0.4 is 10.6 Å². The van der Waals surface area contributed by atoms with Gasteiger partial charge in [-0.15, -0.1) is 0 Å². The first-order valence-electron chi connectivity index (χ1n) is 6.74. The molecule has 0 aromatic carbocycles. The number of rotatable bonds is 6. The molecule has 0 saturated heterocycles. The first-order chi connectivity index (χ1) is 9.74. The maximum absolute atomic E-state index is 11.8. The highest BCUT2D eigenvalue weighted by Crippen LogP contribution is 2.19. The number of amides is 1. The first-order valence-corrected chi connectivity index (χ1v) is 6.74. The molecular weight excluding hydrogens is 254 g/mol. The number of H-pyrrole nitrogens is 1. The number of hydrogen-bond acceptors (Lipinski definition) is 4. The number of aromatic nitrogens is 3. The molecule has 20 heavy (non-hydrogen) atoms. The molecule has 0 aliphatic carbocycles. The van der Waals surface area contributed by atoms with Crippen molar-refractivity contribution in [1.29, 1.82) is 0 Å². The minimum absolute atomic E-state index is 0.0782. The van der Waals surface area contributed by atoms with Gasteiger partial charge in [0.05, 0.1) is 6.04 Å². The summed E-state index contributed by atoms with van der Waals surface area (Å²) in [6, 6.07) is 3.67. The van der Waals surface area contributed by atoms with Crippen molar-refractivity contribution in [2.45, 2.75) is 26.3 Å². The van der Waals surface area contributed by atoms with E-state index in [0.29, 0.717) is 12.2 Å². The Bertz CT molecular complexity index is 552. The molecule has 0 saturated carbocycles. The highest BCUT2D eigenvalue weighted by molar-refractivity contribution is 5.93. The fraction of sp³-hybridized carbons (Fsp3) is 0.357. The van der Waals surface area contributed by atoms with Crippen molar-refractivity contribution < 1.29 is 4.79 Å². The van der Waals surface area contributed by atoms with Crippen molar-refractivity contribution in [3.05, 3.63) is 42.2 Å². The number of carbonyl (C=O) groups is 1. The van der Waals surface area contributed by atoms with Crippen LogP contribution in [-0.4, -0.2) is 27.4 Å². The number of nitrogens with one attached hydrogen (secondary N) is 3. The maximum Gasteiger partial charge on any atom is 0.269 e. The fourth-order valence-corrected chi connectivity index (χ4v) is 1.93. The number of carbonyl (C=O) groups excluding carboxylic acids is 1. The lowest BCUT2D eigenvalue weighted by Gasteiger charge is -2.16. The molecule has 3 N–H and O–H groups in total. The number of pyridine rings is 1. The van der Waals surface area contributed by atoms with E-state index in [1.807, 2.05) is 13.0 Å². The summed E-state index contributed by atoms with van der Waals surface area (Å²) >= 11 is 0. The van der Waals surface area contributed by atoms with Gasteiger partial charge in [-0.25, -0.2) is 4.98 Å². The van der Waals surface area contributed by atoms with Crippen LogP contribution >= 0.6 is 0 Å². The Hall–Kier alpha value is -2.37. The van der Waals surface area contributed by atoms with Gasteiger partial charge in [-0.05, 0) is 25.5 Å². The van der Waals surface area contributed by atoms with Gasteiger partial charge in [0.1, 0.15) is 11.5 Å². The zero-order valence-electron chi connectivity index (χ0n) is 11.7. The number of hydrogen-bond donors (Lipinski definition) is 3. The van der Waals surface area contributed by atoms with Crippen molar-refractivity contribution >= 4 is 11.6 Å². The molecule has 0 bridgehead atoms. The van der Waals surface area contributed by atoms with E-state index in [1.165, 1.54) is 0 Å². The third-order valence-corrected chi connectivity index (χ3v) is 2.93. The average Bonchev–Trinajstić information content (AvgIpc) is 2.99. The average molecular weight is 273 g/mol. The normalized spacial score (nSPS) is 11.9. The molecule has 1 amide bonds. The zero-order valence-corrected chi connectivity index (χ0v) is 11.7. The second-order valence-electron chi connectivity index (χ2n) is 4.37. The number of imidazole rings is 1. The van der Waals surface area contributed by atoms with Crippen molar-refractivity contribution in [2.24, 2.45) is 0 Å². The Kier molecular flexibility index (Phi) is 4.70. The lowest BCUT2D eigenvalue weighted by atomic mass is 10.2. The van der Waals surface area contributed by atoms with Gasteiger partial charge in [0.15, 0.2) is 0 Å². The standard InChI is InChI=1S/C14H19N5O/c1-3-11(13-17-7-8-18-13)19-10-5-6-16-12(9-10)14(20)15-4-2/h5-9,11H,3-4H2,1-2H3,(H,15,20)(H,16,19)(H,17,18). The number of aromatic amines is 1. The summed E-state index contributed by atoms with van der Waals surface area (Å²) in [5, 5.41) is 6.09. The van der Waals surface area contributed by atoms with Gasteiger partial charge in [0, 0.05) is 30.8 Å². The van der Waals surface area contributed by atoms with Crippen LogP contribution in [0.1, 0.15) is 42.6 Å². The first kappa shape index (κ1) is 14.0. The molecule has 1 atom stereocenters. The Morgan fingerprint density at radius 1 is 1.35 bits per heavy atom. The van der Waals surface area contributed by atoms with Gasteiger partial charge in [0.25, 0.3) is 5.91 Å². The molecule has 0 radical (unpaired) electrons. The highest BCUT2D eigenvalue weighted by Gasteiger charge is 2.13. The lowest BCUT2D eigenvalue weighted by Crippen LogP contribution is -2.23. The SMILES string of the molecule is CCNC(=O)c1cc(NC(CC)c2ncc[nH]2)ccn1. The Balaban J connectivity index is 2.13. The predicted octanol–water partition coefficient (Wildman–Crippen LogP) is 2.12. The minimum atomic E-state index is -0.165. The molecular formula is C14H19N5O. The van der Waals surface area contributed by atoms with Crippen LogP contribution in [0.15, 0.2) is 30.7 Å². The largest absolute Gasteiger partial charge is 0.375 e. The highest BCUT2D eigenvalue weighted by atomic mass is 16.1. The summed E-state index contributed by atoms with van der Waals surface area (Å²) in [6.45, 7) is 4.54. The Morgan fingerprint density at radius 2 is 2.20 bits per heavy atom. The molecule has 2 aromatic rings. The van der Waals surface area contributed by atoms with Crippen molar-refractivity contribution in [3.63, 3.8) is 0 Å². The predicted molar refractivity (Wildman–Crippen MR) is 77.5 cm³/mol. The van der Waals surface area contributed by atoms with Crippen LogP contribution in [0.3, 0.4) is 0 Å². The quantitative estimate of drug-likeness (QED) is 0.753. The van der Waals surface area contributed by atoms with Gasteiger partial charge < -0.3 is 15.6 Å². The summed E-state index contributed by atoms with van der Waals surface area (Å²) in [5.41, 5.74) is 1.26. The summed E-state index contributed by atoms with van der Waals surface area (Å²) in [5.74, 6) is 0.714. The van der Waals surface area contributed by atoms with E-state index in [1.54, 1.807) is 24.7 Å². The Labute approximate surface area is 118 Å². The van der Waals surface area contributed by atoms with E-state index in [9.17, 15) is 4.79 Å². The van der Waals surface area contributed by atoms with Gasteiger partial charge in [-0.2, -0.15) is 0 Å². The summed E-state index contributed by atoms with van der Waals surface area (Å²) in [7, 11) is 0. The number of nitrogens with zero attached hydrogens (tertiary/aromatic N) is 2. The topological polar surface area (TPSA) is 82.7 Å². The molecule has 2 aromatic heterocycles. The van der Waals surface area contributed by atoms with E-state index in [4.69, 9.17) is 0 Å². The van der Waals surface area contributed by atoms with Crippen LogP contribution in [0.5, 0.6) is 0 Å². The zero-order chi connectivity index (χ0) is 14.4. The van der Waals surface area contributed by atoms with E-state index in [2.05, 4.69) is 32.5 Å². The summed E-state index contributed by atoms with van der Waals surface area (Å²) in [6.07, 6.45) is 6.03. The number of anilines is 1. The van der Waals surface area contributed by atoms with E-state index >= 15 is 0 Å². The molecule has 1 unspecified atom stereocenters. The molecule has 6 nitrogen and oxygen atoms in total. The van der Waals surface area contributed by atoms with Crippen molar-refractivity contribution in [3.8, 4) is 0 Å². The third-order valence-electron chi connectivity index (χ3n) is 2.93. The van der Waals surface area contributed by atoms with Crippen LogP contribution in [0.4, 0.5) is 5.69 Å². The lowest BCUT2D eigenvalue weighted by molar-refractivity contribution is 0.0951. The Morgan fingerprint density at radius 3 is 2.85 bits per heavy atom. The van der Waals surface area contributed by atoms with Crippen LogP contribution in [0.2, 0.25) is 0 Å². The third kappa shape index (κ3) is 3.34. The van der Waals surface area contributed by atoms with Crippen LogP contribution in [-0.2, 0) is 0 Å². The minimum Gasteiger partial charge on any atom is -0.375 e. The summed E-state index contributed by atoms with van der Waals surface area (Å²) in [4.78, 5) is 23.2. The smallest absolute Gasteiger partial charge is 0.269 e. The van der Waals surface area contributed by atoms with Crippen molar-refractivity contribution in [1.82, 2.24) is 20.3 Å². The van der Waals surface area contributed by atoms with E-state index in [-0.39, 0.29) is 11.9 Å². The molecule has 0 aliphatic rings. The fourth-order valence-electron chi connectivity index (χ4n) is 1.93. The van der Waals surface area contributed by atoms with Gasteiger partial charge in [0.2, 0.25) is 0 Å². The van der Waals surface area contributed by atoms with Gasteiger partial charge in [-0.3, -0.25) is 9.78 Å². The molecule has 6 heteroatoms. The second kappa shape index (κ2) is 6.70. The second-order valence-corrected chi connectivity index (χ2v) is 4.37. The summed E-state index contributed by atoms with van der Waals surface area (Å²) < 4.78 is 0. The maximum atomic E-state index is 11.8. The molecule has 2 rings (SSSR count). The molecule has 0 aliphatic heterocycles. The molecule has 2 heterocycles. The van der Waals surface area contributed by atoms with E-state index < -0.39 is 0 Å². The molecule has 0 fully saturated rings. The molecule has 106 valence electrons.